The Labute approximate surface area is 147 Å². The maximum absolute atomic E-state index is 12.5. The first-order chi connectivity index (χ1) is 12.1. The lowest BCUT2D eigenvalue weighted by atomic mass is 10.1. The molecule has 1 amide bonds. The number of anilines is 2. The molecule has 0 atom stereocenters. The van der Waals surface area contributed by atoms with Crippen molar-refractivity contribution in [2.24, 2.45) is 0 Å². The van der Waals surface area contributed by atoms with Crippen LogP contribution in [0.2, 0.25) is 0 Å². The molecule has 1 saturated heterocycles. The van der Waals surface area contributed by atoms with E-state index in [2.05, 4.69) is 10.2 Å². The second kappa shape index (κ2) is 7.83. The highest BCUT2D eigenvalue weighted by molar-refractivity contribution is 6.06. The van der Waals surface area contributed by atoms with Crippen LogP contribution in [0, 0.1) is 0 Å². The van der Waals surface area contributed by atoms with Gasteiger partial charge in [-0.15, -0.1) is 0 Å². The summed E-state index contributed by atoms with van der Waals surface area (Å²) < 4.78 is 0. The lowest BCUT2D eigenvalue weighted by Gasteiger charge is -2.26. The summed E-state index contributed by atoms with van der Waals surface area (Å²) in [5.41, 5.74) is 2.15. The third-order valence-electron chi connectivity index (χ3n) is 4.47. The van der Waals surface area contributed by atoms with Gasteiger partial charge >= 0.3 is 5.97 Å². The number of carboxylic acids is 1. The summed E-state index contributed by atoms with van der Waals surface area (Å²) in [6.07, 6.45) is 4.62. The number of carbonyl (C=O) groups excluding carboxylic acids is 1. The van der Waals surface area contributed by atoms with Crippen LogP contribution < -0.4 is 10.2 Å². The minimum absolute atomic E-state index is 0.168. The highest BCUT2D eigenvalue weighted by Gasteiger charge is 2.17. The molecule has 0 bridgehead atoms. The molecule has 0 saturated carbocycles. The quantitative estimate of drug-likeness (QED) is 0.883. The normalized spacial score (nSPS) is 14.6. The van der Waals surface area contributed by atoms with Crippen LogP contribution in [0.3, 0.4) is 0 Å². The Morgan fingerprint density at radius 1 is 0.880 bits per heavy atom. The van der Waals surface area contributed by atoms with Gasteiger partial charge in [0.1, 0.15) is 0 Å². The molecule has 1 aliphatic rings. The summed E-state index contributed by atoms with van der Waals surface area (Å²) in [6, 6.07) is 13.9. The number of carbonyl (C=O) groups is 2. The number of carboxylic acid groups (broad SMARTS) is 1. The van der Waals surface area contributed by atoms with Gasteiger partial charge in [0, 0.05) is 18.7 Å². The maximum Gasteiger partial charge on any atom is 0.335 e. The van der Waals surface area contributed by atoms with E-state index in [0.29, 0.717) is 11.3 Å². The van der Waals surface area contributed by atoms with E-state index in [1.54, 1.807) is 42.5 Å². The van der Waals surface area contributed by atoms with Crippen molar-refractivity contribution in [2.45, 2.75) is 25.7 Å². The standard InChI is InChI=1S/C20H22N2O3/c23-19(15-8-4-3-5-9-15)21-17-14-16(20(24)25)10-11-18(17)22-12-6-1-2-7-13-22/h3-5,8-11,14H,1-2,6-7,12-13H2,(H,21,23)(H,24,25). The van der Waals surface area contributed by atoms with E-state index in [1.165, 1.54) is 12.8 Å². The predicted molar refractivity (Wildman–Crippen MR) is 98.5 cm³/mol. The van der Waals surface area contributed by atoms with E-state index in [0.717, 1.165) is 31.6 Å². The SMILES string of the molecule is O=C(O)c1ccc(N2CCCCCC2)c(NC(=O)c2ccccc2)c1. The number of nitrogens with zero attached hydrogens (tertiary/aromatic N) is 1. The third-order valence-corrected chi connectivity index (χ3v) is 4.47. The average Bonchev–Trinajstić information content (AvgIpc) is 2.91. The first kappa shape index (κ1) is 17.0. The molecule has 5 nitrogen and oxygen atoms in total. The molecule has 2 N–H and O–H groups in total. The van der Waals surface area contributed by atoms with Gasteiger partial charge < -0.3 is 15.3 Å². The molecule has 130 valence electrons. The summed E-state index contributed by atoms with van der Waals surface area (Å²) in [6.45, 7) is 1.83. The van der Waals surface area contributed by atoms with Crippen molar-refractivity contribution < 1.29 is 14.7 Å². The van der Waals surface area contributed by atoms with Gasteiger partial charge in [0.15, 0.2) is 0 Å². The Morgan fingerprint density at radius 2 is 1.56 bits per heavy atom. The average molecular weight is 338 g/mol. The predicted octanol–water partition coefficient (Wildman–Crippen LogP) is 4.02. The smallest absolute Gasteiger partial charge is 0.335 e. The van der Waals surface area contributed by atoms with Crippen molar-refractivity contribution >= 4 is 23.3 Å². The zero-order valence-corrected chi connectivity index (χ0v) is 14.1. The Balaban J connectivity index is 1.92. The molecule has 25 heavy (non-hydrogen) atoms. The van der Waals surface area contributed by atoms with Crippen LogP contribution in [0.1, 0.15) is 46.4 Å². The lowest BCUT2D eigenvalue weighted by Crippen LogP contribution is -2.26. The van der Waals surface area contributed by atoms with E-state index in [1.807, 2.05) is 6.07 Å². The highest BCUT2D eigenvalue weighted by atomic mass is 16.4. The zero-order chi connectivity index (χ0) is 17.6. The molecule has 1 aliphatic heterocycles. The molecule has 0 spiro atoms. The second-order valence-corrected chi connectivity index (χ2v) is 6.26. The molecule has 1 heterocycles. The van der Waals surface area contributed by atoms with E-state index in [-0.39, 0.29) is 11.5 Å². The largest absolute Gasteiger partial charge is 0.478 e. The molecule has 2 aromatic rings. The van der Waals surface area contributed by atoms with Crippen LogP contribution >= 0.6 is 0 Å². The number of rotatable bonds is 4. The Morgan fingerprint density at radius 3 is 2.20 bits per heavy atom. The summed E-state index contributed by atoms with van der Waals surface area (Å²) in [5, 5.41) is 12.2. The van der Waals surface area contributed by atoms with E-state index < -0.39 is 5.97 Å². The number of aromatic carboxylic acids is 1. The molecular weight excluding hydrogens is 316 g/mol. The number of benzene rings is 2. The van der Waals surface area contributed by atoms with Gasteiger partial charge in [0.05, 0.1) is 16.9 Å². The third kappa shape index (κ3) is 4.18. The molecular formula is C20H22N2O3. The van der Waals surface area contributed by atoms with Gasteiger partial charge in [-0.2, -0.15) is 0 Å². The van der Waals surface area contributed by atoms with Gasteiger partial charge in [-0.05, 0) is 43.2 Å². The molecule has 0 aliphatic carbocycles. The minimum Gasteiger partial charge on any atom is -0.478 e. The summed E-state index contributed by atoms with van der Waals surface area (Å²) in [4.78, 5) is 26.1. The van der Waals surface area contributed by atoms with Crippen molar-refractivity contribution in [1.29, 1.82) is 0 Å². The second-order valence-electron chi connectivity index (χ2n) is 6.26. The number of hydrogen-bond acceptors (Lipinski definition) is 3. The van der Waals surface area contributed by atoms with Crippen molar-refractivity contribution in [3.8, 4) is 0 Å². The van der Waals surface area contributed by atoms with Gasteiger partial charge in [-0.1, -0.05) is 31.0 Å². The number of nitrogens with one attached hydrogen (secondary N) is 1. The van der Waals surface area contributed by atoms with Gasteiger partial charge in [0.25, 0.3) is 5.91 Å². The Kier molecular flexibility index (Phi) is 5.33. The van der Waals surface area contributed by atoms with Gasteiger partial charge in [-0.25, -0.2) is 4.79 Å². The van der Waals surface area contributed by atoms with Crippen molar-refractivity contribution in [1.82, 2.24) is 0 Å². The lowest BCUT2D eigenvalue weighted by molar-refractivity contribution is 0.0696. The first-order valence-electron chi connectivity index (χ1n) is 8.64. The Bertz CT molecular complexity index is 751. The van der Waals surface area contributed by atoms with Crippen molar-refractivity contribution in [3.05, 3.63) is 59.7 Å². The Hall–Kier alpha value is -2.82. The molecule has 3 rings (SSSR count). The molecule has 5 heteroatoms. The molecule has 2 aromatic carbocycles. The molecule has 0 aromatic heterocycles. The molecule has 0 radical (unpaired) electrons. The van der Waals surface area contributed by atoms with Crippen LogP contribution in [-0.4, -0.2) is 30.1 Å². The van der Waals surface area contributed by atoms with Gasteiger partial charge in [0.2, 0.25) is 0 Å². The zero-order valence-electron chi connectivity index (χ0n) is 14.1. The van der Waals surface area contributed by atoms with Crippen LogP contribution in [0.25, 0.3) is 0 Å². The van der Waals surface area contributed by atoms with Crippen LogP contribution in [0.4, 0.5) is 11.4 Å². The van der Waals surface area contributed by atoms with Crippen LogP contribution in [0.15, 0.2) is 48.5 Å². The molecule has 1 fully saturated rings. The van der Waals surface area contributed by atoms with E-state index >= 15 is 0 Å². The fourth-order valence-corrected chi connectivity index (χ4v) is 3.14. The summed E-state index contributed by atoms with van der Waals surface area (Å²) in [5.74, 6) is -1.24. The monoisotopic (exact) mass is 338 g/mol. The van der Waals surface area contributed by atoms with Crippen LogP contribution in [-0.2, 0) is 0 Å². The van der Waals surface area contributed by atoms with Gasteiger partial charge in [-0.3, -0.25) is 4.79 Å². The fraction of sp³-hybridized carbons (Fsp3) is 0.300. The van der Waals surface area contributed by atoms with Crippen molar-refractivity contribution in [3.63, 3.8) is 0 Å². The minimum atomic E-state index is -1.00. The fourth-order valence-electron chi connectivity index (χ4n) is 3.14. The van der Waals surface area contributed by atoms with E-state index in [4.69, 9.17) is 0 Å². The number of amides is 1. The molecule has 0 unspecified atom stereocenters. The highest BCUT2D eigenvalue weighted by Crippen LogP contribution is 2.30. The van der Waals surface area contributed by atoms with Crippen molar-refractivity contribution in [2.75, 3.05) is 23.3 Å². The maximum atomic E-state index is 12.5. The number of hydrogen-bond donors (Lipinski definition) is 2. The topological polar surface area (TPSA) is 69.6 Å². The van der Waals surface area contributed by atoms with E-state index in [9.17, 15) is 14.7 Å². The summed E-state index contributed by atoms with van der Waals surface area (Å²) in [7, 11) is 0. The first-order valence-corrected chi connectivity index (χ1v) is 8.64. The van der Waals surface area contributed by atoms with Crippen LogP contribution in [0.5, 0.6) is 0 Å². The summed E-state index contributed by atoms with van der Waals surface area (Å²) >= 11 is 0.